The Morgan fingerprint density at radius 2 is 1.47 bits per heavy atom. The third-order valence-electron chi connectivity index (χ3n) is 9.61. The van der Waals surface area contributed by atoms with Crippen molar-refractivity contribution < 1.29 is 8.85 Å². The molecule has 0 bridgehead atoms. The highest BCUT2D eigenvalue weighted by molar-refractivity contribution is 6.70. The van der Waals surface area contributed by atoms with Crippen LogP contribution in [0, 0.1) is 40.9 Å². The summed E-state index contributed by atoms with van der Waals surface area (Å²) in [4.78, 5) is 0. The molecule has 0 heterocycles. The van der Waals surface area contributed by atoms with E-state index >= 15 is 0 Å². The molecule has 0 aliphatic heterocycles. The van der Waals surface area contributed by atoms with Gasteiger partial charge in [0.1, 0.15) is 0 Å². The molecule has 0 spiro atoms. The van der Waals surface area contributed by atoms with Crippen LogP contribution in [0.2, 0.25) is 39.3 Å². The second-order valence-electron chi connectivity index (χ2n) is 13.8. The largest absolute Gasteiger partial charge is 0.415 e. The van der Waals surface area contributed by atoms with Crippen LogP contribution in [0.5, 0.6) is 0 Å². The predicted octanol–water partition coefficient (Wildman–Crippen LogP) is 7.72. The molecule has 0 aromatic heterocycles. The van der Waals surface area contributed by atoms with Gasteiger partial charge in [-0.3, -0.25) is 0 Å². The number of fused-ring (bicyclic) bond motifs is 5. The average Bonchev–Trinajstić information content (AvgIpc) is 2.96. The molecule has 0 aromatic carbocycles. The molecule has 4 saturated carbocycles. The zero-order valence-electron chi connectivity index (χ0n) is 21.3. The second-order valence-corrected chi connectivity index (χ2v) is 22.7. The molecule has 0 N–H and O–H groups in total. The molecule has 4 aliphatic carbocycles. The third-order valence-corrected chi connectivity index (χ3v) is 11.7. The molecule has 4 rings (SSSR count). The van der Waals surface area contributed by atoms with E-state index in [2.05, 4.69) is 53.1 Å². The Hall–Kier alpha value is 0.354. The van der Waals surface area contributed by atoms with Crippen molar-refractivity contribution in [3.63, 3.8) is 0 Å². The van der Waals surface area contributed by atoms with Gasteiger partial charge < -0.3 is 8.85 Å². The average molecular weight is 451 g/mol. The minimum absolute atomic E-state index is 0.453. The molecule has 174 valence electrons. The summed E-state index contributed by atoms with van der Waals surface area (Å²) < 4.78 is 13.2. The van der Waals surface area contributed by atoms with Crippen molar-refractivity contribution in [2.24, 2.45) is 40.9 Å². The summed E-state index contributed by atoms with van der Waals surface area (Å²) >= 11 is 0. The molecule has 2 nitrogen and oxygen atoms in total. The van der Waals surface area contributed by atoms with Crippen molar-refractivity contribution >= 4 is 16.6 Å². The van der Waals surface area contributed by atoms with Gasteiger partial charge in [-0.05, 0) is 145 Å². The molecule has 30 heavy (non-hydrogen) atoms. The zero-order chi connectivity index (χ0) is 21.9. The quantitative estimate of drug-likeness (QED) is 0.399. The second kappa shape index (κ2) is 8.29. The highest BCUT2D eigenvalue weighted by atomic mass is 28.4. The van der Waals surface area contributed by atoms with Crippen LogP contribution in [0.25, 0.3) is 0 Å². The molecule has 4 fully saturated rings. The van der Waals surface area contributed by atoms with Gasteiger partial charge in [0.2, 0.25) is 0 Å². The van der Waals surface area contributed by atoms with Gasteiger partial charge in [-0.1, -0.05) is 6.92 Å². The maximum Gasteiger partial charge on any atom is 0.184 e. The van der Waals surface area contributed by atoms with Crippen LogP contribution in [-0.2, 0) is 8.85 Å². The maximum atomic E-state index is 6.64. The Kier molecular flexibility index (Phi) is 6.50. The van der Waals surface area contributed by atoms with Gasteiger partial charge in [-0.2, -0.15) is 0 Å². The van der Waals surface area contributed by atoms with Gasteiger partial charge in [-0.25, -0.2) is 0 Å². The highest BCUT2D eigenvalue weighted by Gasteiger charge is 2.58. The first-order valence-corrected chi connectivity index (χ1v) is 20.0. The van der Waals surface area contributed by atoms with E-state index < -0.39 is 16.6 Å². The number of hydrogen-bond acceptors (Lipinski definition) is 2. The predicted molar refractivity (Wildman–Crippen MR) is 133 cm³/mol. The van der Waals surface area contributed by atoms with E-state index in [1.165, 1.54) is 57.8 Å². The fourth-order valence-electron chi connectivity index (χ4n) is 8.87. The lowest BCUT2D eigenvalue weighted by Gasteiger charge is -2.57. The van der Waals surface area contributed by atoms with Crippen molar-refractivity contribution in [1.82, 2.24) is 0 Å². The SMILES string of the molecule is C[C@@H](O[Si](C)(C)C)[C@H]1CCC2C3CC[C@H]4C[C@H](O[Si](C)(C)C)CCC4C3CC[C@@]21C. The Balaban J connectivity index is 1.43. The highest BCUT2D eigenvalue weighted by Crippen LogP contribution is 2.65. The summed E-state index contributed by atoms with van der Waals surface area (Å²) in [5, 5.41) is 0. The molecule has 0 radical (unpaired) electrons. The Morgan fingerprint density at radius 3 is 2.13 bits per heavy atom. The van der Waals surface area contributed by atoms with Crippen LogP contribution in [0.3, 0.4) is 0 Å². The molecule has 0 amide bonds. The summed E-state index contributed by atoms with van der Waals surface area (Å²) in [5.41, 5.74) is 0.533. The summed E-state index contributed by atoms with van der Waals surface area (Å²) in [6, 6.07) is 0. The number of hydrogen-bond donors (Lipinski definition) is 0. The zero-order valence-corrected chi connectivity index (χ0v) is 23.3. The lowest BCUT2D eigenvalue weighted by atomic mass is 9.49. The first-order chi connectivity index (χ1) is 13.9. The van der Waals surface area contributed by atoms with E-state index in [1.807, 2.05) is 0 Å². The monoisotopic (exact) mass is 450 g/mol. The molecule has 4 heteroatoms. The molecule has 4 aliphatic rings. The van der Waals surface area contributed by atoms with Gasteiger partial charge in [0, 0.05) is 12.2 Å². The first-order valence-electron chi connectivity index (χ1n) is 13.2. The first kappa shape index (κ1) is 23.5. The van der Waals surface area contributed by atoms with E-state index in [9.17, 15) is 0 Å². The minimum Gasteiger partial charge on any atom is -0.415 e. The van der Waals surface area contributed by atoms with Crippen LogP contribution in [0.15, 0.2) is 0 Å². The normalized spacial score (nSPS) is 45.4. The van der Waals surface area contributed by atoms with E-state index in [-0.39, 0.29) is 0 Å². The van der Waals surface area contributed by atoms with Crippen molar-refractivity contribution in [3.05, 3.63) is 0 Å². The van der Waals surface area contributed by atoms with Crippen molar-refractivity contribution in [3.8, 4) is 0 Å². The van der Waals surface area contributed by atoms with Crippen molar-refractivity contribution in [1.29, 1.82) is 0 Å². The topological polar surface area (TPSA) is 18.5 Å². The molecule has 0 saturated heterocycles. The van der Waals surface area contributed by atoms with E-state index in [0.717, 1.165) is 35.5 Å². The van der Waals surface area contributed by atoms with E-state index in [4.69, 9.17) is 8.85 Å². The minimum atomic E-state index is -1.47. The van der Waals surface area contributed by atoms with Crippen LogP contribution >= 0.6 is 0 Å². The standard InChI is InChI=1S/C26H50O2Si2/c1-18(27-29(3,4)5)24-13-14-25-23-11-9-19-17-20(28-30(6,7)8)10-12-21(19)22(23)15-16-26(24,25)2/h18-25H,9-17H2,1-8H3/t18-,19+,20-,21?,22?,23?,24-,25?,26-/m1/s1. The number of rotatable bonds is 5. The summed E-state index contributed by atoms with van der Waals surface area (Å²) in [6.45, 7) is 19.2. The van der Waals surface area contributed by atoms with E-state index in [0.29, 0.717) is 17.6 Å². The fraction of sp³-hybridized carbons (Fsp3) is 1.00. The van der Waals surface area contributed by atoms with Crippen LogP contribution < -0.4 is 0 Å². The molecule has 4 unspecified atom stereocenters. The fourth-order valence-corrected chi connectivity index (χ4v) is 11.4. The molecular weight excluding hydrogens is 400 g/mol. The van der Waals surface area contributed by atoms with Gasteiger partial charge >= 0.3 is 0 Å². The third kappa shape index (κ3) is 4.68. The summed E-state index contributed by atoms with van der Waals surface area (Å²) in [5.74, 6) is 5.73. The molecule has 0 aromatic rings. The van der Waals surface area contributed by atoms with Crippen LogP contribution in [0.4, 0.5) is 0 Å². The lowest BCUT2D eigenvalue weighted by Crippen LogP contribution is -2.51. The maximum absolute atomic E-state index is 6.64. The molecule has 9 atom stereocenters. The Morgan fingerprint density at radius 1 is 0.767 bits per heavy atom. The lowest BCUT2D eigenvalue weighted by molar-refractivity contribution is -0.0856. The van der Waals surface area contributed by atoms with Crippen molar-refractivity contribution in [2.75, 3.05) is 0 Å². The van der Waals surface area contributed by atoms with Crippen LogP contribution in [-0.4, -0.2) is 28.8 Å². The van der Waals surface area contributed by atoms with Crippen LogP contribution in [0.1, 0.15) is 71.6 Å². The van der Waals surface area contributed by atoms with Gasteiger partial charge in [-0.15, -0.1) is 0 Å². The smallest absolute Gasteiger partial charge is 0.184 e. The summed E-state index contributed by atoms with van der Waals surface area (Å²) in [7, 11) is -2.88. The van der Waals surface area contributed by atoms with Crippen molar-refractivity contribution in [2.45, 2.75) is 123 Å². The Bertz CT molecular complexity index is 609. The summed E-state index contributed by atoms with van der Waals surface area (Å²) in [6.07, 6.45) is 14.0. The van der Waals surface area contributed by atoms with E-state index in [1.54, 1.807) is 0 Å². The Labute approximate surface area is 189 Å². The van der Waals surface area contributed by atoms with Gasteiger partial charge in [0.25, 0.3) is 0 Å². The van der Waals surface area contributed by atoms with Gasteiger partial charge in [0.15, 0.2) is 16.6 Å². The molecular formula is C26H50O2Si2. The van der Waals surface area contributed by atoms with Gasteiger partial charge in [0.05, 0.1) is 0 Å².